The third-order valence-corrected chi connectivity index (χ3v) is 4.53. The summed E-state index contributed by atoms with van der Waals surface area (Å²) in [6.45, 7) is 4.30. The molecule has 1 aromatic heterocycles. The summed E-state index contributed by atoms with van der Waals surface area (Å²) >= 11 is 5.22. The van der Waals surface area contributed by atoms with Crippen LogP contribution in [0.25, 0.3) is 10.9 Å². The fourth-order valence-corrected chi connectivity index (χ4v) is 3.11. The molecule has 1 amide bonds. The summed E-state index contributed by atoms with van der Waals surface area (Å²) in [5.74, 6) is -0.197. The van der Waals surface area contributed by atoms with Crippen LogP contribution in [0.4, 0.5) is 0 Å². The van der Waals surface area contributed by atoms with Crippen molar-refractivity contribution < 1.29 is 4.79 Å². The average molecular weight is 353 g/mol. The monoisotopic (exact) mass is 353 g/mol. The van der Waals surface area contributed by atoms with Crippen LogP contribution in [-0.2, 0) is 6.54 Å². The van der Waals surface area contributed by atoms with Crippen LogP contribution in [-0.4, -0.2) is 15.5 Å². The molecule has 5 nitrogen and oxygen atoms in total. The zero-order valence-corrected chi connectivity index (χ0v) is 14.9. The average Bonchev–Trinajstić information content (AvgIpc) is 2.62. The lowest BCUT2D eigenvalue weighted by Gasteiger charge is -2.14. The first-order valence-corrected chi connectivity index (χ1v) is 8.54. The number of benzene rings is 2. The van der Waals surface area contributed by atoms with Crippen LogP contribution in [0.2, 0.25) is 0 Å². The van der Waals surface area contributed by atoms with Gasteiger partial charge in [-0.2, -0.15) is 0 Å². The predicted molar refractivity (Wildman–Crippen MR) is 101 cm³/mol. The Morgan fingerprint density at radius 2 is 1.96 bits per heavy atom. The van der Waals surface area contributed by atoms with E-state index < -0.39 is 0 Å². The number of carbonyl (C=O) groups excluding carboxylic acids is 1. The van der Waals surface area contributed by atoms with E-state index in [-0.39, 0.29) is 17.5 Å². The van der Waals surface area contributed by atoms with Crippen molar-refractivity contribution in [2.75, 3.05) is 0 Å². The molecule has 0 aliphatic rings. The van der Waals surface area contributed by atoms with Gasteiger partial charge in [0.2, 0.25) is 0 Å². The molecule has 3 rings (SSSR count). The second-order valence-electron chi connectivity index (χ2n) is 5.85. The number of aromatic nitrogens is 2. The van der Waals surface area contributed by atoms with Gasteiger partial charge in [0, 0.05) is 12.1 Å². The lowest BCUT2D eigenvalue weighted by Crippen LogP contribution is -2.27. The highest BCUT2D eigenvalue weighted by molar-refractivity contribution is 7.71. The zero-order chi connectivity index (χ0) is 18.0. The Labute approximate surface area is 150 Å². The lowest BCUT2D eigenvalue weighted by molar-refractivity contribution is 0.0940. The van der Waals surface area contributed by atoms with Gasteiger partial charge in [-0.15, -0.1) is 0 Å². The second kappa shape index (κ2) is 7.03. The molecule has 0 saturated heterocycles. The van der Waals surface area contributed by atoms with Crippen LogP contribution in [0.5, 0.6) is 0 Å². The van der Waals surface area contributed by atoms with Crippen molar-refractivity contribution in [1.82, 2.24) is 14.9 Å². The van der Waals surface area contributed by atoms with Gasteiger partial charge >= 0.3 is 0 Å². The molecular weight excluding hydrogens is 334 g/mol. The van der Waals surface area contributed by atoms with E-state index in [9.17, 15) is 9.59 Å². The first-order chi connectivity index (χ1) is 12.0. The summed E-state index contributed by atoms with van der Waals surface area (Å²) in [5.41, 5.74) is 1.93. The van der Waals surface area contributed by atoms with E-state index in [1.54, 1.807) is 18.2 Å². The first-order valence-electron chi connectivity index (χ1n) is 8.14. The molecule has 3 aromatic rings. The van der Waals surface area contributed by atoms with E-state index in [0.717, 1.165) is 5.56 Å². The third-order valence-electron chi connectivity index (χ3n) is 4.21. The minimum atomic E-state index is -0.197. The van der Waals surface area contributed by atoms with E-state index in [1.807, 2.05) is 44.2 Å². The van der Waals surface area contributed by atoms with Gasteiger partial charge in [0.25, 0.3) is 11.5 Å². The van der Waals surface area contributed by atoms with Crippen molar-refractivity contribution in [2.24, 2.45) is 0 Å². The number of hydrogen-bond donors (Lipinski definition) is 2. The fraction of sp³-hybridized carbons (Fsp3) is 0.211. The van der Waals surface area contributed by atoms with Crippen LogP contribution in [0.15, 0.2) is 53.3 Å². The number of aromatic amines is 1. The number of H-pyrrole nitrogens is 1. The molecule has 0 spiro atoms. The van der Waals surface area contributed by atoms with Crippen molar-refractivity contribution in [3.63, 3.8) is 0 Å². The topological polar surface area (TPSA) is 66.9 Å². The van der Waals surface area contributed by atoms with Crippen LogP contribution in [0.1, 0.15) is 35.8 Å². The summed E-state index contributed by atoms with van der Waals surface area (Å²) in [6, 6.07) is 14.6. The van der Waals surface area contributed by atoms with Crippen molar-refractivity contribution in [3.8, 4) is 0 Å². The maximum absolute atomic E-state index is 12.5. The van der Waals surface area contributed by atoms with Gasteiger partial charge in [0.05, 0.1) is 16.9 Å². The molecule has 2 N–H and O–H groups in total. The van der Waals surface area contributed by atoms with Gasteiger partial charge in [0.15, 0.2) is 4.77 Å². The standard InChI is InChI=1S/C19H19N3O2S/c1-3-22-18(24)15-10-9-14(11-16(15)21-19(22)25)17(23)20-12(2)13-7-5-4-6-8-13/h4-12H,3H2,1-2H3,(H,20,23)(H,21,25). The fourth-order valence-electron chi connectivity index (χ4n) is 2.79. The van der Waals surface area contributed by atoms with Gasteiger partial charge in [-0.25, -0.2) is 0 Å². The Kier molecular flexibility index (Phi) is 4.81. The second-order valence-corrected chi connectivity index (χ2v) is 6.23. The molecule has 6 heteroatoms. The SMILES string of the molecule is CCn1c(=S)[nH]c2cc(C(=O)NC(C)c3ccccc3)ccc2c1=O. The van der Waals surface area contributed by atoms with Gasteiger partial charge < -0.3 is 10.3 Å². The number of hydrogen-bond acceptors (Lipinski definition) is 3. The molecule has 1 unspecified atom stereocenters. The lowest BCUT2D eigenvalue weighted by atomic mass is 10.1. The number of nitrogens with zero attached hydrogens (tertiary/aromatic N) is 1. The number of nitrogens with one attached hydrogen (secondary N) is 2. The van der Waals surface area contributed by atoms with Gasteiger partial charge in [-0.3, -0.25) is 14.2 Å². The third kappa shape index (κ3) is 3.39. The largest absolute Gasteiger partial charge is 0.346 e. The Bertz CT molecular complexity index is 1040. The molecule has 25 heavy (non-hydrogen) atoms. The van der Waals surface area contributed by atoms with E-state index in [1.165, 1.54) is 4.57 Å². The highest BCUT2D eigenvalue weighted by atomic mass is 32.1. The normalized spacial score (nSPS) is 12.1. The maximum Gasteiger partial charge on any atom is 0.262 e. The molecular formula is C19H19N3O2S. The summed E-state index contributed by atoms with van der Waals surface area (Å²) in [6.07, 6.45) is 0. The van der Waals surface area contributed by atoms with Gasteiger partial charge in [0.1, 0.15) is 0 Å². The van der Waals surface area contributed by atoms with Crippen molar-refractivity contribution in [3.05, 3.63) is 74.8 Å². The molecule has 0 radical (unpaired) electrons. The maximum atomic E-state index is 12.5. The van der Waals surface area contributed by atoms with Crippen molar-refractivity contribution >= 4 is 29.0 Å². The first kappa shape index (κ1) is 17.1. The smallest absolute Gasteiger partial charge is 0.262 e. The quantitative estimate of drug-likeness (QED) is 0.705. The van der Waals surface area contributed by atoms with Crippen LogP contribution in [0.3, 0.4) is 0 Å². The van der Waals surface area contributed by atoms with E-state index >= 15 is 0 Å². The summed E-state index contributed by atoms with van der Waals surface area (Å²) in [7, 11) is 0. The number of carbonyl (C=O) groups is 1. The Morgan fingerprint density at radius 1 is 1.24 bits per heavy atom. The van der Waals surface area contributed by atoms with Gasteiger partial charge in [-0.1, -0.05) is 30.3 Å². The Hall–Kier alpha value is -2.73. The molecule has 0 fully saturated rings. The van der Waals surface area contributed by atoms with Crippen LogP contribution >= 0.6 is 12.2 Å². The molecule has 0 aliphatic heterocycles. The highest BCUT2D eigenvalue weighted by Crippen LogP contribution is 2.15. The molecule has 2 aromatic carbocycles. The summed E-state index contributed by atoms with van der Waals surface area (Å²) in [4.78, 5) is 28.0. The summed E-state index contributed by atoms with van der Waals surface area (Å²) < 4.78 is 1.85. The molecule has 0 bridgehead atoms. The van der Waals surface area contributed by atoms with E-state index in [4.69, 9.17) is 12.2 Å². The van der Waals surface area contributed by atoms with Crippen molar-refractivity contribution in [1.29, 1.82) is 0 Å². The molecule has 0 aliphatic carbocycles. The van der Waals surface area contributed by atoms with Crippen LogP contribution < -0.4 is 10.9 Å². The van der Waals surface area contributed by atoms with E-state index in [0.29, 0.717) is 27.8 Å². The highest BCUT2D eigenvalue weighted by Gasteiger charge is 2.13. The zero-order valence-electron chi connectivity index (χ0n) is 14.1. The Morgan fingerprint density at radius 3 is 2.64 bits per heavy atom. The van der Waals surface area contributed by atoms with Gasteiger partial charge in [-0.05, 0) is 49.8 Å². The summed E-state index contributed by atoms with van der Waals surface area (Å²) in [5, 5.41) is 3.48. The van der Waals surface area contributed by atoms with Crippen molar-refractivity contribution in [2.45, 2.75) is 26.4 Å². The molecule has 1 atom stereocenters. The number of rotatable bonds is 4. The Balaban J connectivity index is 1.93. The number of amides is 1. The molecule has 1 heterocycles. The molecule has 128 valence electrons. The van der Waals surface area contributed by atoms with E-state index in [2.05, 4.69) is 10.3 Å². The van der Waals surface area contributed by atoms with Crippen LogP contribution in [0, 0.1) is 4.77 Å². The minimum absolute atomic E-state index is 0.115. The predicted octanol–water partition coefficient (Wildman–Crippen LogP) is 3.57. The minimum Gasteiger partial charge on any atom is -0.346 e. The number of fused-ring (bicyclic) bond motifs is 1. The molecule has 0 saturated carbocycles.